The Morgan fingerprint density at radius 2 is 1.93 bits per heavy atom. The van der Waals surface area contributed by atoms with Crippen LogP contribution in [0.2, 0.25) is 0 Å². The molecule has 1 N–H and O–H groups in total. The Morgan fingerprint density at radius 3 is 2.48 bits per heavy atom. The molecule has 0 spiro atoms. The molecule has 1 saturated carbocycles. The van der Waals surface area contributed by atoms with E-state index in [9.17, 15) is 13.7 Å². The van der Waals surface area contributed by atoms with Crippen molar-refractivity contribution in [1.29, 1.82) is 5.26 Å². The van der Waals surface area contributed by atoms with Crippen molar-refractivity contribution in [2.24, 2.45) is 0 Å². The van der Waals surface area contributed by atoms with Gasteiger partial charge in [-0.25, -0.2) is 23.1 Å². The fraction of sp³-hybridized carbons (Fsp3) is 0.381. The Bertz CT molecular complexity index is 1220. The number of hydrogen-bond acceptors (Lipinski definition) is 5. The highest BCUT2D eigenvalue weighted by Crippen LogP contribution is 2.41. The molecule has 0 saturated heterocycles. The van der Waals surface area contributed by atoms with Crippen LogP contribution >= 0.6 is 0 Å². The topological polar surface area (TPSA) is 101 Å². The van der Waals surface area contributed by atoms with Crippen LogP contribution in [0.15, 0.2) is 35.5 Å². The van der Waals surface area contributed by atoms with Gasteiger partial charge >= 0.3 is 0 Å². The standard InChI is InChI=1S/C21H23N5O2S/c1-13(2)25-29(27,28)16-11-23-21(24-12-16)20-18(10-22)17-8-7-14(3)9-19(17)26(20)15-5-4-6-15/h7-9,11-13,15,25H,4-6H2,1-3H3. The lowest BCUT2D eigenvalue weighted by atomic mass is 9.92. The van der Waals surface area contributed by atoms with Gasteiger partial charge in [0.05, 0.1) is 23.5 Å². The number of nitrogens with one attached hydrogen (secondary N) is 1. The second-order valence-electron chi connectivity index (χ2n) is 7.83. The van der Waals surface area contributed by atoms with Crippen molar-refractivity contribution in [1.82, 2.24) is 19.3 Å². The summed E-state index contributed by atoms with van der Waals surface area (Å²) in [4.78, 5) is 8.71. The first-order chi connectivity index (χ1) is 13.8. The van der Waals surface area contributed by atoms with Crippen LogP contribution in [0.1, 0.15) is 50.3 Å². The Labute approximate surface area is 170 Å². The van der Waals surface area contributed by atoms with Crippen LogP contribution < -0.4 is 4.72 Å². The van der Waals surface area contributed by atoms with E-state index < -0.39 is 10.0 Å². The van der Waals surface area contributed by atoms with E-state index >= 15 is 0 Å². The molecule has 1 aliphatic rings. The Morgan fingerprint density at radius 1 is 1.24 bits per heavy atom. The zero-order chi connectivity index (χ0) is 20.8. The molecule has 4 rings (SSSR count). The minimum atomic E-state index is -3.67. The summed E-state index contributed by atoms with van der Waals surface area (Å²) in [6.45, 7) is 5.54. The SMILES string of the molecule is Cc1ccc2c(C#N)c(-c3ncc(S(=O)(=O)NC(C)C)cn3)n(C3CCC3)c2c1. The second-order valence-corrected chi connectivity index (χ2v) is 9.54. The number of nitrogens with zero attached hydrogens (tertiary/aromatic N) is 4. The molecule has 1 aromatic carbocycles. The van der Waals surface area contributed by atoms with E-state index in [4.69, 9.17) is 0 Å². The fourth-order valence-electron chi connectivity index (χ4n) is 3.73. The molecule has 150 valence electrons. The number of benzene rings is 1. The molecule has 29 heavy (non-hydrogen) atoms. The summed E-state index contributed by atoms with van der Waals surface area (Å²) in [6, 6.07) is 8.43. The lowest BCUT2D eigenvalue weighted by Crippen LogP contribution is -2.30. The molecule has 0 amide bonds. The van der Waals surface area contributed by atoms with Gasteiger partial charge in [0.1, 0.15) is 16.7 Å². The number of hydrogen-bond donors (Lipinski definition) is 1. The van der Waals surface area contributed by atoms with Crippen LogP contribution in [-0.2, 0) is 10.0 Å². The summed E-state index contributed by atoms with van der Waals surface area (Å²) in [5, 5.41) is 10.8. The van der Waals surface area contributed by atoms with Crippen molar-refractivity contribution in [3.63, 3.8) is 0 Å². The smallest absolute Gasteiger partial charge is 0.243 e. The van der Waals surface area contributed by atoms with Gasteiger partial charge in [-0.1, -0.05) is 12.1 Å². The van der Waals surface area contributed by atoms with Crippen molar-refractivity contribution < 1.29 is 8.42 Å². The molecule has 3 aromatic rings. The molecule has 8 heteroatoms. The predicted octanol–water partition coefficient (Wildman–Crippen LogP) is 3.69. The summed E-state index contributed by atoms with van der Waals surface area (Å²) in [6.07, 6.45) is 5.85. The third-order valence-corrected chi connectivity index (χ3v) is 6.87. The number of rotatable bonds is 5. The Hall–Kier alpha value is -2.76. The molecule has 0 bridgehead atoms. The van der Waals surface area contributed by atoms with Gasteiger partial charge in [-0.15, -0.1) is 0 Å². The number of aromatic nitrogens is 3. The predicted molar refractivity (Wildman–Crippen MR) is 111 cm³/mol. The molecule has 0 aliphatic heterocycles. The third-order valence-electron chi connectivity index (χ3n) is 5.25. The molecule has 1 fully saturated rings. The molecule has 1 aliphatic carbocycles. The summed E-state index contributed by atoms with van der Waals surface area (Å²) in [5.74, 6) is 0.366. The number of sulfonamides is 1. The van der Waals surface area contributed by atoms with Crippen LogP contribution in [0.25, 0.3) is 22.4 Å². The van der Waals surface area contributed by atoms with Crippen molar-refractivity contribution in [3.05, 3.63) is 41.7 Å². The van der Waals surface area contributed by atoms with Crippen molar-refractivity contribution in [3.8, 4) is 17.6 Å². The van der Waals surface area contributed by atoms with E-state index in [0.29, 0.717) is 23.1 Å². The van der Waals surface area contributed by atoms with E-state index in [2.05, 4.69) is 31.4 Å². The minimum absolute atomic E-state index is 0.00982. The Balaban J connectivity index is 1.89. The van der Waals surface area contributed by atoms with Gasteiger partial charge < -0.3 is 4.57 Å². The largest absolute Gasteiger partial charge is 0.334 e. The van der Waals surface area contributed by atoms with Crippen molar-refractivity contribution >= 4 is 20.9 Å². The van der Waals surface area contributed by atoms with Gasteiger partial charge in [0.2, 0.25) is 10.0 Å². The first-order valence-corrected chi connectivity index (χ1v) is 11.2. The molecule has 0 radical (unpaired) electrons. The van der Waals surface area contributed by atoms with Gasteiger partial charge in [-0.3, -0.25) is 0 Å². The van der Waals surface area contributed by atoms with E-state index in [1.807, 2.05) is 19.1 Å². The third kappa shape index (κ3) is 3.41. The first-order valence-electron chi connectivity index (χ1n) is 9.71. The summed E-state index contributed by atoms with van der Waals surface area (Å²) >= 11 is 0. The highest BCUT2D eigenvalue weighted by atomic mass is 32.2. The monoisotopic (exact) mass is 409 g/mol. The fourth-order valence-corrected chi connectivity index (χ4v) is 4.87. The highest BCUT2D eigenvalue weighted by Gasteiger charge is 2.29. The van der Waals surface area contributed by atoms with E-state index in [0.717, 1.165) is 35.7 Å². The van der Waals surface area contributed by atoms with E-state index in [-0.39, 0.29) is 10.9 Å². The Kier molecular flexibility index (Phi) is 4.89. The van der Waals surface area contributed by atoms with Crippen molar-refractivity contribution in [2.45, 2.75) is 57.0 Å². The quantitative estimate of drug-likeness (QED) is 0.693. The molecular formula is C21H23N5O2S. The van der Waals surface area contributed by atoms with Crippen LogP contribution in [0.4, 0.5) is 0 Å². The molecule has 0 atom stereocenters. The maximum absolute atomic E-state index is 12.4. The normalized spacial score (nSPS) is 14.9. The summed E-state index contributed by atoms with van der Waals surface area (Å²) < 4.78 is 29.4. The van der Waals surface area contributed by atoms with Gasteiger partial charge in [0, 0.05) is 17.5 Å². The van der Waals surface area contributed by atoms with E-state index in [1.165, 1.54) is 12.4 Å². The minimum Gasteiger partial charge on any atom is -0.334 e. The van der Waals surface area contributed by atoms with Gasteiger partial charge in [0.15, 0.2) is 5.82 Å². The van der Waals surface area contributed by atoms with Crippen LogP contribution in [0.5, 0.6) is 0 Å². The molecule has 7 nitrogen and oxygen atoms in total. The van der Waals surface area contributed by atoms with Gasteiger partial charge in [0.25, 0.3) is 0 Å². The van der Waals surface area contributed by atoms with Crippen molar-refractivity contribution in [2.75, 3.05) is 0 Å². The highest BCUT2D eigenvalue weighted by molar-refractivity contribution is 7.89. The molecule has 0 unspecified atom stereocenters. The second kappa shape index (κ2) is 7.25. The number of aryl methyl sites for hydroxylation is 1. The average molecular weight is 410 g/mol. The lowest BCUT2D eigenvalue weighted by Gasteiger charge is -2.29. The van der Waals surface area contributed by atoms with Crippen LogP contribution in [0, 0.1) is 18.3 Å². The summed E-state index contributed by atoms with van der Waals surface area (Å²) in [7, 11) is -3.67. The van der Waals surface area contributed by atoms with Crippen LogP contribution in [0.3, 0.4) is 0 Å². The lowest BCUT2D eigenvalue weighted by molar-refractivity contribution is 0.323. The molecule has 2 aromatic heterocycles. The number of nitriles is 1. The average Bonchev–Trinajstić information content (AvgIpc) is 2.93. The van der Waals surface area contributed by atoms with E-state index in [1.54, 1.807) is 13.8 Å². The van der Waals surface area contributed by atoms with Gasteiger partial charge in [-0.2, -0.15) is 5.26 Å². The first kappa shape index (κ1) is 19.6. The molecular weight excluding hydrogens is 386 g/mol. The zero-order valence-electron chi connectivity index (χ0n) is 16.7. The van der Waals surface area contributed by atoms with Crippen LogP contribution in [-0.4, -0.2) is 29.0 Å². The maximum Gasteiger partial charge on any atom is 0.243 e. The molecule has 2 heterocycles. The zero-order valence-corrected chi connectivity index (χ0v) is 17.5. The number of fused-ring (bicyclic) bond motifs is 1. The summed E-state index contributed by atoms with van der Waals surface area (Å²) in [5.41, 5.74) is 3.32. The van der Waals surface area contributed by atoms with Gasteiger partial charge in [-0.05, 0) is 51.7 Å². The maximum atomic E-state index is 12.4.